The van der Waals surface area contributed by atoms with Gasteiger partial charge in [0.05, 0.1) is 16.8 Å². The Morgan fingerprint density at radius 1 is 0.878 bits per heavy atom. The van der Waals surface area contributed by atoms with Crippen LogP contribution >= 0.6 is 24.0 Å². The summed E-state index contributed by atoms with van der Waals surface area (Å²) in [7, 11) is 2.09. The number of halogens is 3. The van der Waals surface area contributed by atoms with Crippen LogP contribution in [0, 0.1) is 12.7 Å². The first-order valence-corrected chi connectivity index (χ1v) is 14.1. The van der Waals surface area contributed by atoms with Crippen LogP contribution in [-0.4, -0.2) is 56.0 Å². The van der Waals surface area contributed by atoms with Gasteiger partial charge in [0, 0.05) is 48.6 Å². The predicted molar refractivity (Wildman–Crippen MR) is 165 cm³/mol. The number of aryl methyl sites for hydroxylation is 1. The van der Waals surface area contributed by atoms with Crippen molar-refractivity contribution in [3.05, 3.63) is 82.1 Å². The Morgan fingerprint density at radius 3 is 2.24 bits per heavy atom. The van der Waals surface area contributed by atoms with Gasteiger partial charge in [-0.05, 0) is 93.7 Å². The average Bonchev–Trinajstić information content (AvgIpc) is 3.48. The maximum Gasteiger partial charge on any atom is 0.259 e. The highest BCUT2D eigenvalue weighted by atomic mass is 35.5. The van der Waals surface area contributed by atoms with Crippen LogP contribution in [0.5, 0.6) is 5.75 Å². The Kier molecular flexibility index (Phi) is 10.1. The number of nitrogens with zero attached hydrogens (tertiary/aromatic N) is 2. The molecule has 0 atom stereocenters. The lowest BCUT2D eigenvalue weighted by Gasteiger charge is -2.30. The van der Waals surface area contributed by atoms with E-state index >= 15 is 0 Å². The van der Waals surface area contributed by atoms with Crippen LogP contribution in [0.3, 0.4) is 0 Å². The maximum atomic E-state index is 14.2. The Hall–Kier alpha value is -3.33. The molecule has 3 aromatic carbocycles. The van der Waals surface area contributed by atoms with Crippen LogP contribution < -0.4 is 20.3 Å². The molecule has 7 nitrogen and oxygen atoms in total. The zero-order valence-corrected chi connectivity index (χ0v) is 24.8. The van der Waals surface area contributed by atoms with E-state index in [1.807, 2.05) is 19.1 Å². The lowest BCUT2D eigenvalue weighted by atomic mass is 10.1. The predicted octanol–water partition coefficient (Wildman–Crippen LogP) is 6.79. The third-order valence-corrected chi connectivity index (χ3v) is 7.79. The highest BCUT2D eigenvalue weighted by molar-refractivity contribution is 6.30. The molecule has 0 unspecified atom stereocenters. The summed E-state index contributed by atoms with van der Waals surface area (Å²) in [6.45, 7) is 5.62. The molecular weight excluding hydrogens is 566 g/mol. The first-order valence-electron chi connectivity index (χ1n) is 13.7. The first-order chi connectivity index (χ1) is 19.3. The molecule has 2 aliphatic heterocycles. The molecule has 10 heteroatoms. The smallest absolute Gasteiger partial charge is 0.259 e. The summed E-state index contributed by atoms with van der Waals surface area (Å²) < 4.78 is 20.7. The van der Waals surface area contributed by atoms with Crippen LogP contribution in [0.2, 0.25) is 5.02 Å². The molecule has 0 aliphatic carbocycles. The molecule has 2 saturated heterocycles. The standard InChI is InChI=1S/C31H34ClFN4O3.ClH/c1-20-17-21(32)5-9-27(20)34-31(39)26-18-22(33)6-10-28(26)35-30(38)25-8-7-23(37-13-3-4-14-37)19-29(25)40-24-11-15-36(2)16-12-24;/h5-10,17-19,24H,3-4,11-16H2,1-2H3,(H,34,39)(H,35,38);1H. The van der Waals surface area contributed by atoms with E-state index in [1.165, 1.54) is 12.1 Å². The van der Waals surface area contributed by atoms with Crippen molar-refractivity contribution in [3.63, 3.8) is 0 Å². The molecule has 2 heterocycles. The summed E-state index contributed by atoms with van der Waals surface area (Å²) in [6, 6.07) is 14.4. The molecule has 0 radical (unpaired) electrons. The van der Waals surface area contributed by atoms with Crippen LogP contribution in [0.15, 0.2) is 54.6 Å². The summed E-state index contributed by atoms with van der Waals surface area (Å²) >= 11 is 6.03. The minimum Gasteiger partial charge on any atom is -0.489 e. The number of piperidine rings is 1. The van der Waals surface area contributed by atoms with Crippen molar-refractivity contribution in [1.29, 1.82) is 0 Å². The van der Waals surface area contributed by atoms with Crippen molar-refractivity contribution in [1.82, 2.24) is 4.90 Å². The van der Waals surface area contributed by atoms with Crippen LogP contribution in [-0.2, 0) is 0 Å². The number of nitrogens with one attached hydrogen (secondary N) is 2. The SMILES string of the molecule is Cc1cc(Cl)ccc1NC(=O)c1cc(F)ccc1NC(=O)c1ccc(N2CCCC2)cc1OC1CCN(C)CC1.Cl. The van der Waals surface area contributed by atoms with E-state index in [0.29, 0.717) is 22.0 Å². The third-order valence-electron chi connectivity index (χ3n) is 7.55. The Labute approximate surface area is 251 Å². The molecule has 41 heavy (non-hydrogen) atoms. The number of likely N-dealkylation sites (tertiary alicyclic amines) is 1. The normalized spacial score (nSPS) is 15.8. The third kappa shape index (κ3) is 7.50. The summed E-state index contributed by atoms with van der Waals surface area (Å²) in [5, 5.41) is 6.17. The minimum absolute atomic E-state index is 0. The van der Waals surface area contributed by atoms with E-state index in [-0.39, 0.29) is 29.8 Å². The van der Waals surface area contributed by atoms with Gasteiger partial charge in [-0.1, -0.05) is 11.6 Å². The number of hydrogen-bond acceptors (Lipinski definition) is 5. The number of hydrogen-bond donors (Lipinski definition) is 2. The molecule has 3 aromatic rings. The van der Waals surface area contributed by atoms with E-state index in [4.69, 9.17) is 16.3 Å². The van der Waals surface area contributed by atoms with Crippen molar-refractivity contribution in [2.75, 3.05) is 48.8 Å². The Bertz CT molecular complexity index is 1410. The largest absolute Gasteiger partial charge is 0.489 e. The quantitative estimate of drug-likeness (QED) is 0.312. The molecule has 2 aliphatic rings. The highest BCUT2D eigenvalue weighted by Crippen LogP contribution is 2.31. The van der Waals surface area contributed by atoms with E-state index in [1.54, 1.807) is 24.3 Å². The van der Waals surface area contributed by atoms with Gasteiger partial charge in [0.25, 0.3) is 11.8 Å². The lowest BCUT2D eigenvalue weighted by molar-refractivity contribution is 0.0989. The van der Waals surface area contributed by atoms with E-state index in [9.17, 15) is 14.0 Å². The molecule has 0 saturated carbocycles. The second-order valence-corrected chi connectivity index (χ2v) is 11.0. The number of benzene rings is 3. The van der Waals surface area contributed by atoms with Gasteiger partial charge in [-0.15, -0.1) is 12.4 Å². The molecule has 2 N–H and O–H groups in total. The summed E-state index contributed by atoms with van der Waals surface area (Å²) in [6.07, 6.45) is 4.03. The zero-order chi connectivity index (χ0) is 28.2. The summed E-state index contributed by atoms with van der Waals surface area (Å²) in [4.78, 5) is 31.4. The number of carbonyl (C=O) groups is 2. The van der Waals surface area contributed by atoms with Gasteiger partial charge in [0.15, 0.2) is 0 Å². The fourth-order valence-corrected chi connectivity index (χ4v) is 5.44. The first kappa shape index (κ1) is 30.6. The summed E-state index contributed by atoms with van der Waals surface area (Å²) in [5.41, 5.74) is 2.90. The molecular formula is C31H35Cl2FN4O3. The molecule has 0 aromatic heterocycles. The van der Waals surface area contributed by atoms with Gasteiger partial charge < -0.3 is 25.2 Å². The van der Waals surface area contributed by atoms with E-state index in [0.717, 1.165) is 69.2 Å². The van der Waals surface area contributed by atoms with E-state index < -0.39 is 17.6 Å². The number of carbonyl (C=O) groups excluding carboxylic acids is 2. The Morgan fingerprint density at radius 2 is 1.54 bits per heavy atom. The second kappa shape index (κ2) is 13.6. The van der Waals surface area contributed by atoms with Crippen molar-refractivity contribution in [2.45, 2.75) is 38.7 Å². The van der Waals surface area contributed by atoms with Crippen molar-refractivity contribution in [2.24, 2.45) is 0 Å². The van der Waals surface area contributed by atoms with Gasteiger partial charge in [0.2, 0.25) is 0 Å². The monoisotopic (exact) mass is 600 g/mol. The fraction of sp³-hybridized carbons (Fsp3) is 0.355. The zero-order valence-electron chi connectivity index (χ0n) is 23.2. The molecule has 2 amide bonds. The molecule has 2 fully saturated rings. The van der Waals surface area contributed by atoms with Crippen LogP contribution in [0.4, 0.5) is 21.5 Å². The van der Waals surface area contributed by atoms with E-state index in [2.05, 4.69) is 27.5 Å². The lowest BCUT2D eigenvalue weighted by Crippen LogP contribution is -2.36. The Balaban J connectivity index is 0.00000387. The number of amides is 2. The topological polar surface area (TPSA) is 73.9 Å². The molecule has 218 valence electrons. The fourth-order valence-electron chi connectivity index (χ4n) is 5.21. The maximum absolute atomic E-state index is 14.2. The number of ether oxygens (including phenoxy) is 1. The van der Waals surface area contributed by atoms with Gasteiger partial charge >= 0.3 is 0 Å². The number of rotatable bonds is 7. The van der Waals surface area contributed by atoms with Crippen LogP contribution in [0.25, 0.3) is 0 Å². The van der Waals surface area contributed by atoms with Gasteiger partial charge in [0.1, 0.15) is 17.7 Å². The molecule has 0 bridgehead atoms. The second-order valence-electron chi connectivity index (χ2n) is 10.6. The van der Waals surface area contributed by atoms with Gasteiger partial charge in [-0.3, -0.25) is 9.59 Å². The summed E-state index contributed by atoms with van der Waals surface area (Å²) in [5.74, 6) is -1.05. The van der Waals surface area contributed by atoms with Crippen molar-refractivity contribution in [3.8, 4) is 5.75 Å². The molecule has 0 spiro atoms. The van der Waals surface area contributed by atoms with Crippen molar-refractivity contribution >= 4 is 52.9 Å². The average molecular weight is 602 g/mol. The highest BCUT2D eigenvalue weighted by Gasteiger charge is 2.24. The van der Waals surface area contributed by atoms with Gasteiger partial charge in [-0.25, -0.2) is 4.39 Å². The van der Waals surface area contributed by atoms with Crippen LogP contribution in [0.1, 0.15) is 52.0 Å². The number of anilines is 3. The molecule has 5 rings (SSSR count). The van der Waals surface area contributed by atoms with Crippen molar-refractivity contribution < 1.29 is 18.7 Å². The minimum atomic E-state index is -0.586. The van der Waals surface area contributed by atoms with Gasteiger partial charge in [-0.2, -0.15) is 0 Å².